The van der Waals surface area contributed by atoms with Gasteiger partial charge in [-0.3, -0.25) is 0 Å². The molecular weight excluding hydrogens is 255 g/mol. The Hall–Kier alpha value is -0.920. The van der Waals surface area contributed by atoms with E-state index in [1.54, 1.807) is 6.26 Å². The maximum absolute atomic E-state index is 6.30. The van der Waals surface area contributed by atoms with Gasteiger partial charge in [-0.2, -0.15) is 0 Å². The third-order valence-electron chi connectivity index (χ3n) is 2.63. The van der Waals surface area contributed by atoms with E-state index in [0.29, 0.717) is 0 Å². The molecule has 2 rings (SSSR count). The Bertz CT molecular complexity index is 451. The lowest BCUT2D eigenvalue weighted by Gasteiger charge is -2.08. The molecule has 0 aliphatic rings. The lowest BCUT2D eigenvalue weighted by atomic mass is 10.1. The zero-order valence-electron chi connectivity index (χ0n) is 9.40. The minimum absolute atomic E-state index is 0.110. The molecule has 1 atom stereocenters. The summed E-state index contributed by atoms with van der Waals surface area (Å²) in [5.74, 6) is 0.988. The van der Waals surface area contributed by atoms with Crippen molar-refractivity contribution in [2.75, 3.05) is 0 Å². The number of furan rings is 1. The Morgan fingerprint density at radius 1 is 1.18 bits per heavy atom. The highest BCUT2D eigenvalue weighted by Crippen LogP contribution is 2.17. The molecule has 0 saturated heterocycles. The number of hydrogen-bond acceptors (Lipinski definition) is 1. The van der Waals surface area contributed by atoms with E-state index in [2.05, 4.69) is 0 Å². The lowest BCUT2D eigenvalue weighted by molar-refractivity contribution is 0.499. The number of alkyl halides is 1. The molecule has 17 heavy (non-hydrogen) atoms. The van der Waals surface area contributed by atoms with Crippen LogP contribution in [0.15, 0.2) is 47.1 Å². The molecule has 1 aromatic heterocycles. The minimum atomic E-state index is 0.110. The average molecular weight is 269 g/mol. The summed E-state index contributed by atoms with van der Waals surface area (Å²) >= 11 is 12.2. The third kappa shape index (κ3) is 4.10. The number of benzene rings is 1. The normalized spacial score (nSPS) is 12.6. The molecule has 1 unspecified atom stereocenters. The first-order valence-corrected chi connectivity index (χ1v) is 6.46. The topological polar surface area (TPSA) is 13.1 Å². The van der Waals surface area contributed by atoms with Gasteiger partial charge < -0.3 is 4.42 Å². The SMILES string of the molecule is Clc1cccc(CC(Cl)CCc2ccco2)c1. The smallest absolute Gasteiger partial charge is 0.103 e. The summed E-state index contributed by atoms with van der Waals surface area (Å²) in [5, 5.41) is 0.871. The van der Waals surface area contributed by atoms with Gasteiger partial charge in [-0.05, 0) is 42.7 Å². The van der Waals surface area contributed by atoms with Crippen molar-refractivity contribution >= 4 is 23.2 Å². The van der Waals surface area contributed by atoms with Crippen LogP contribution in [0.25, 0.3) is 0 Å². The van der Waals surface area contributed by atoms with E-state index >= 15 is 0 Å². The monoisotopic (exact) mass is 268 g/mol. The quantitative estimate of drug-likeness (QED) is 0.716. The summed E-state index contributed by atoms with van der Waals surface area (Å²) in [6, 6.07) is 11.7. The Kier molecular flexibility index (Phi) is 4.52. The molecule has 0 N–H and O–H groups in total. The maximum Gasteiger partial charge on any atom is 0.103 e. The van der Waals surface area contributed by atoms with Crippen molar-refractivity contribution in [1.82, 2.24) is 0 Å². The highest BCUT2D eigenvalue weighted by Gasteiger charge is 2.07. The number of halogens is 2. The Morgan fingerprint density at radius 3 is 2.76 bits per heavy atom. The van der Waals surface area contributed by atoms with Crippen molar-refractivity contribution in [3.63, 3.8) is 0 Å². The molecule has 1 nitrogen and oxygen atoms in total. The van der Waals surface area contributed by atoms with Gasteiger partial charge in [0.15, 0.2) is 0 Å². The molecule has 1 aromatic carbocycles. The van der Waals surface area contributed by atoms with E-state index in [1.165, 1.54) is 5.56 Å². The van der Waals surface area contributed by atoms with Gasteiger partial charge in [0.2, 0.25) is 0 Å². The van der Waals surface area contributed by atoms with Crippen LogP contribution in [-0.4, -0.2) is 5.38 Å². The fourth-order valence-electron chi connectivity index (χ4n) is 1.78. The van der Waals surface area contributed by atoms with Crippen LogP contribution in [0.2, 0.25) is 5.02 Å². The summed E-state index contributed by atoms with van der Waals surface area (Å²) in [4.78, 5) is 0. The molecule has 0 radical (unpaired) electrons. The predicted molar refractivity (Wildman–Crippen MR) is 71.8 cm³/mol. The number of rotatable bonds is 5. The second-order valence-electron chi connectivity index (χ2n) is 4.05. The van der Waals surface area contributed by atoms with Crippen LogP contribution >= 0.6 is 23.2 Å². The van der Waals surface area contributed by atoms with E-state index in [4.69, 9.17) is 27.6 Å². The first-order chi connectivity index (χ1) is 8.24. The summed E-state index contributed by atoms with van der Waals surface area (Å²) in [7, 11) is 0. The summed E-state index contributed by atoms with van der Waals surface area (Å²) in [6.45, 7) is 0. The largest absolute Gasteiger partial charge is 0.469 e. The molecule has 90 valence electrons. The minimum Gasteiger partial charge on any atom is -0.469 e. The van der Waals surface area contributed by atoms with Gasteiger partial charge in [0.1, 0.15) is 5.76 Å². The van der Waals surface area contributed by atoms with Gasteiger partial charge >= 0.3 is 0 Å². The Balaban J connectivity index is 1.83. The zero-order chi connectivity index (χ0) is 12.1. The fourth-order valence-corrected chi connectivity index (χ4v) is 2.28. The summed E-state index contributed by atoms with van der Waals surface area (Å²) in [6.07, 6.45) is 4.31. The van der Waals surface area contributed by atoms with Gasteiger partial charge in [-0.1, -0.05) is 23.7 Å². The first kappa shape index (κ1) is 12.5. The second-order valence-corrected chi connectivity index (χ2v) is 5.10. The lowest BCUT2D eigenvalue weighted by Crippen LogP contribution is -2.04. The van der Waals surface area contributed by atoms with Crippen LogP contribution in [0.4, 0.5) is 0 Å². The molecular formula is C14H14Cl2O. The van der Waals surface area contributed by atoms with E-state index < -0.39 is 0 Å². The van der Waals surface area contributed by atoms with Crippen molar-refractivity contribution < 1.29 is 4.42 Å². The first-order valence-electron chi connectivity index (χ1n) is 5.65. The van der Waals surface area contributed by atoms with Gasteiger partial charge in [-0.15, -0.1) is 11.6 Å². The van der Waals surface area contributed by atoms with Crippen molar-refractivity contribution in [1.29, 1.82) is 0 Å². The van der Waals surface area contributed by atoms with Crippen molar-refractivity contribution in [2.45, 2.75) is 24.6 Å². The molecule has 0 spiro atoms. The highest BCUT2D eigenvalue weighted by atomic mass is 35.5. The van der Waals surface area contributed by atoms with Crippen LogP contribution in [0.5, 0.6) is 0 Å². The van der Waals surface area contributed by atoms with Gasteiger partial charge in [-0.25, -0.2) is 0 Å². The summed E-state index contributed by atoms with van der Waals surface area (Å²) < 4.78 is 5.27. The van der Waals surface area contributed by atoms with E-state index in [-0.39, 0.29) is 5.38 Å². The van der Waals surface area contributed by atoms with Crippen molar-refractivity contribution in [3.8, 4) is 0 Å². The van der Waals surface area contributed by atoms with Crippen molar-refractivity contribution in [2.24, 2.45) is 0 Å². The van der Waals surface area contributed by atoms with Crippen LogP contribution < -0.4 is 0 Å². The molecule has 0 aliphatic carbocycles. The highest BCUT2D eigenvalue weighted by molar-refractivity contribution is 6.30. The molecule has 3 heteroatoms. The van der Waals surface area contributed by atoms with Gasteiger partial charge in [0, 0.05) is 16.8 Å². The van der Waals surface area contributed by atoms with Crippen molar-refractivity contribution in [3.05, 3.63) is 59.0 Å². The van der Waals surface area contributed by atoms with Gasteiger partial charge in [0.25, 0.3) is 0 Å². The third-order valence-corrected chi connectivity index (χ3v) is 3.24. The van der Waals surface area contributed by atoms with Crippen LogP contribution in [0.3, 0.4) is 0 Å². The van der Waals surface area contributed by atoms with Crippen LogP contribution in [0, 0.1) is 0 Å². The fraction of sp³-hybridized carbons (Fsp3) is 0.286. The average Bonchev–Trinajstić information content (AvgIpc) is 2.79. The summed E-state index contributed by atoms with van der Waals surface area (Å²) in [5.41, 5.74) is 1.18. The zero-order valence-corrected chi connectivity index (χ0v) is 10.9. The van der Waals surface area contributed by atoms with Crippen LogP contribution in [-0.2, 0) is 12.8 Å². The van der Waals surface area contributed by atoms with E-state index in [1.807, 2.05) is 36.4 Å². The molecule has 0 aliphatic heterocycles. The number of aryl methyl sites for hydroxylation is 1. The standard InChI is InChI=1S/C14H14Cl2O/c15-12-4-1-3-11(9-12)10-13(16)6-7-14-5-2-8-17-14/h1-5,8-9,13H,6-7,10H2. The number of hydrogen-bond donors (Lipinski definition) is 0. The molecule has 0 saturated carbocycles. The second kappa shape index (κ2) is 6.13. The Labute approximate surface area is 111 Å². The molecule has 0 bridgehead atoms. The van der Waals surface area contributed by atoms with Gasteiger partial charge in [0.05, 0.1) is 6.26 Å². The molecule has 0 amide bonds. The van der Waals surface area contributed by atoms with Crippen LogP contribution in [0.1, 0.15) is 17.7 Å². The predicted octanol–water partition coefficient (Wildman–Crippen LogP) is 4.72. The molecule has 1 heterocycles. The Morgan fingerprint density at radius 2 is 2.06 bits per heavy atom. The van der Waals surface area contributed by atoms with E-state index in [9.17, 15) is 0 Å². The van der Waals surface area contributed by atoms with E-state index in [0.717, 1.165) is 30.0 Å². The molecule has 0 fully saturated rings. The maximum atomic E-state index is 6.30. The molecule has 2 aromatic rings.